The Labute approximate surface area is 111 Å². The predicted molar refractivity (Wildman–Crippen MR) is 69.6 cm³/mol. The number of hydrogen-bond donors (Lipinski definition) is 2. The monoisotopic (exact) mass is 266 g/mol. The summed E-state index contributed by atoms with van der Waals surface area (Å²) < 4.78 is 16.3. The number of nitrogens with zero attached hydrogens (tertiary/aromatic N) is 1. The summed E-state index contributed by atoms with van der Waals surface area (Å²) in [4.78, 5) is 0. The number of amidine groups is 1. The number of nitrogens with two attached hydrogens (primary N) is 1. The minimum Gasteiger partial charge on any atom is -0.491 e. The Balaban J connectivity index is 1.70. The van der Waals surface area contributed by atoms with E-state index in [4.69, 9.17) is 25.2 Å². The highest BCUT2D eigenvalue weighted by molar-refractivity contribution is 5.97. The normalized spacial score (nSPS) is 19.6. The zero-order chi connectivity index (χ0) is 13.5. The first-order valence-corrected chi connectivity index (χ1v) is 6.19. The van der Waals surface area contributed by atoms with Gasteiger partial charge < -0.3 is 25.2 Å². The number of rotatable bonds is 6. The van der Waals surface area contributed by atoms with Crippen LogP contribution in [0, 0.1) is 0 Å². The van der Waals surface area contributed by atoms with Crippen LogP contribution >= 0.6 is 0 Å². The van der Waals surface area contributed by atoms with Gasteiger partial charge in [0, 0.05) is 12.2 Å². The summed E-state index contributed by atoms with van der Waals surface area (Å²) in [5, 5.41) is 11.5. The predicted octanol–water partition coefficient (Wildman–Crippen LogP) is 0.965. The second-order valence-electron chi connectivity index (χ2n) is 4.21. The SMILES string of the molecule is NC(=NO)c1ccc(OCCOC2CCOC2)cc1. The van der Waals surface area contributed by atoms with Crippen LogP contribution < -0.4 is 10.5 Å². The zero-order valence-corrected chi connectivity index (χ0v) is 10.6. The quantitative estimate of drug-likeness (QED) is 0.263. The highest BCUT2D eigenvalue weighted by Gasteiger charge is 2.15. The van der Waals surface area contributed by atoms with E-state index >= 15 is 0 Å². The lowest BCUT2D eigenvalue weighted by Crippen LogP contribution is -2.17. The van der Waals surface area contributed by atoms with Gasteiger partial charge in [-0.1, -0.05) is 5.16 Å². The van der Waals surface area contributed by atoms with E-state index in [0.29, 0.717) is 25.4 Å². The van der Waals surface area contributed by atoms with Crippen molar-refractivity contribution < 1.29 is 19.4 Å². The van der Waals surface area contributed by atoms with Crippen molar-refractivity contribution in [3.05, 3.63) is 29.8 Å². The third-order valence-electron chi connectivity index (χ3n) is 2.85. The van der Waals surface area contributed by atoms with Crippen LogP contribution in [-0.2, 0) is 9.47 Å². The Morgan fingerprint density at radius 1 is 1.37 bits per heavy atom. The van der Waals surface area contributed by atoms with Gasteiger partial charge in [-0.2, -0.15) is 0 Å². The summed E-state index contributed by atoms with van der Waals surface area (Å²) in [6.07, 6.45) is 1.15. The molecule has 2 rings (SSSR count). The standard InChI is InChI=1S/C13H18N2O4/c14-13(15-16)10-1-3-11(4-2-10)18-7-8-19-12-5-6-17-9-12/h1-4,12,16H,5-9H2,(H2,14,15). The van der Waals surface area contributed by atoms with Crippen molar-refractivity contribution >= 4 is 5.84 Å². The van der Waals surface area contributed by atoms with Gasteiger partial charge in [0.2, 0.25) is 0 Å². The molecule has 1 aromatic carbocycles. The molecule has 1 aliphatic rings. The molecule has 6 heteroatoms. The minimum atomic E-state index is 0.0797. The molecule has 1 fully saturated rings. The zero-order valence-electron chi connectivity index (χ0n) is 10.6. The lowest BCUT2D eigenvalue weighted by atomic mass is 10.2. The molecule has 0 amide bonds. The van der Waals surface area contributed by atoms with E-state index in [-0.39, 0.29) is 11.9 Å². The first-order chi connectivity index (χ1) is 9.29. The van der Waals surface area contributed by atoms with Crippen LogP contribution in [0.3, 0.4) is 0 Å². The van der Waals surface area contributed by atoms with Crippen molar-refractivity contribution in [2.24, 2.45) is 10.9 Å². The molecule has 0 aromatic heterocycles. The smallest absolute Gasteiger partial charge is 0.170 e. The van der Waals surface area contributed by atoms with E-state index in [9.17, 15) is 0 Å². The van der Waals surface area contributed by atoms with Gasteiger partial charge in [-0.25, -0.2) is 0 Å². The highest BCUT2D eigenvalue weighted by atomic mass is 16.6. The molecule has 0 bridgehead atoms. The van der Waals surface area contributed by atoms with Crippen molar-refractivity contribution in [1.29, 1.82) is 0 Å². The lowest BCUT2D eigenvalue weighted by molar-refractivity contribution is 0.0265. The Hall–Kier alpha value is -1.79. The van der Waals surface area contributed by atoms with E-state index in [1.807, 2.05) is 0 Å². The Bertz CT molecular complexity index is 413. The molecule has 0 saturated carbocycles. The molecule has 0 radical (unpaired) electrons. The van der Waals surface area contributed by atoms with Crippen molar-refractivity contribution in [3.63, 3.8) is 0 Å². The Morgan fingerprint density at radius 2 is 2.16 bits per heavy atom. The average molecular weight is 266 g/mol. The van der Waals surface area contributed by atoms with Gasteiger partial charge in [-0.15, -0.1) is 0 Å². The number of oxime groups is 1. The van der Waals surface area contributed by atoms with Gasteiger partial charge in [0.25, 0.3) is 0 Å². The van der Waals surface area contributed by atoms with E-state index < -0.39 is 0 Å². The summed E-state index contributed by atoms with van der Waals surface area (Å²) >= 11 is 0. The summed E-state index contributed by atoms with van der Waals surface area (Å²) in [6, 6.07) is 7.00. The molecule has 3 N–H and O–H groups in total. The Kier molecular flexibility index (Phi) is 5.00. The van der Waals surface area contributed by atoms with Crippen LogP contribution in [0.4, 0.5) is 0 Å². The molecule has 6 nitrogen and oxygen atoms in total. The van der Waals surface area contributed by atoms with Crippen LogP contribution in [0.25, 0.3) is 0 Å². The molecule has 1 aromatic rings. The fourth-order valence-electron chi connectivity index (χ4n) is 1.80. The third kappa shape index (κ3) is 4.11. The minimum absolute atomic E-state index is 0.0797. The van der Waals surface area contributed by atoms with E-state index in [0.717, 1.165) is 18.8 Å². The largest absolute Gasteiger partial charge is 0.491 e. The van der Waals surface area contributed by atoms with Gasteiger partial charge in [-0.05, 0) is 30.7 Å². The molecule has 1 heterocycles. The maximum atomic E-state index is 8.54. The first kappa shape index (κ1) is 13.6. The van der Waals surface area contributed by atoms with Gasteiger partial charge in [0.1, 0.15) is 12.4 Å². The summed E-state index contributed by atoms with van der Waals surface area (Å²) in [5.74, 6) is 0.803. The van der Waals surface area contributed by atoms with Gasteiger partial charge in [-0.3, -0.25) is 0 Å². The molecule has 1 aliphatic heterocycles. The van der Waals surface area contributed by atoms with Crippen LogP contribution in [0.2, 0.25) is 0 Å². The van der Waals surface area contributed by atoms with E-state index in [1.165, 1.54) is 0 Å². The molecule has 0 aliphatic carbocycles. The fourth-order valence-corrected chi connectivity index (χ4v) is 1.80. The van der Waals surface area contributed by atoms with Crippen LogP contribution in [0.5, 0.6) is 5.75 Å². The second kappa shape index (κ2) is 6.96. The van der Waals surface area contributed by atoms with Crippen LogP contribution in [0.1, 0.15) is 12.0 Å². The lowest BCUT2D eigenvalue weighted by Gasteiger charge is -2.11. The van der Waals surface area contributed by atoms with Crippen molar-refractivity contribution in [2.45, 2.75) is 12.5 Å². The van der Waals surface area contributed by atoms with Crippen LogP contribution in [-0.4, -0.2) is 43.6 Å². The third-order valence-corrected chi connectivity index (χ3v) is 2.85. The molecular weight excluding hydrogens is 248 g/mol. The number of benzene rings is 1. The average Bonchev–Trinajstić information content (AvgIpc) is 2.96. The molecule has 1 unspecified atom stereocenters. The highest BCUT2D eigenvalue weighted by Crippen LogP contribution is 2.12. The van der Waals surface area contributed by atoms with Gasteiger partial charge >= 0.3 is 0 Å². The maximum Gasteiger partial charge on any atom is 0.170 e. The topological polar surface area (TPSA) is 86.3 Å². The second-order valence-corrected chi connectivity index (χ2v) is 4.21. The van der Waals surface area contributed by atoms with Gasteiger partial charge in [0.05, 0.1) is 19.3 Å². The molecular formula is C13H18N2O4. The molecule has 104 valence electrons. The molecule has 0 spiro atoms. The van der Waals surface area contributed by atoms with Gasteiger partial charge in [0.15, 0.2) is 5.84 Å². The van der Waals surface area contributed by atoms with Crippen molar-refractivity contribution in [1.82, 2.24) is 0 Å². The van der Waals surface area contributed by atoms with Crippen molar-refractivity contribution in [3.8, 4) is 5.75 Å². The first-order valence-electron chi connectivity index (χ1n) is 6.19. The maximum absolute atomic E-state index is 8.54. The number of ether oxygens (including phenoxy) is 3. The molecule has 1 atom stereocenters. The molecule has 19 heavy (non-hydrogen) atoms. The van der Waals surface area contributed by atoms with E-state index in [1.54, 1.807) is 24.3 Å². The van der Waals surface area contributed by atoms with E-state index in [2.05, 4.69) is 5.16 Å². The number of hydrogen-bond acceptors (Lipinski definition) is 5. The summed E-state index contributed by atoms with van der Waals surface area (Å²) in [7, 11) is 0. The van der Waals surface area contributed by atoms with Crippen molar-refractivity contribution in [2.75, 3.05) is 26.4 Å². The van der Waals surface area contributed by atoms with Crippen LogP contribution in [0.15, 0.2) is 29.4 Å². The summed E-state index contributed by atoms with van der Waals surface area (Å²) in [5.41, 5.74) is 6.11. The summed E-state index contributed by atoms with van der Waals surface area (Å²) in [6.45, 7) is 2.48. The molecule has 1 saturated heterocycles. The Morgan fingerprint density at radius 3 is 2.79 bits per heavy atom. The fraction of sp³-hybridized carbons (Fsp3) is 0.462.